The molecular formula is C20H42IN5O. The summed E-state index contributed by atoms with van der Waals surface area (Å²) in [7, 11) is 0. The predicted molar refractivity (Wildman–Crippen MR) is 125 cm³/mol. The first-order valence-electron chi connectivity index (χ1n) is 10.6. The molecule has 2 rings (SSSR count). The zero-order valence-corrected chi connectivity index (χ0v) is 20.3. The van der Waals surface area contributed by atoms with Crippen molar-refractivity contribution in [3.8, 4) is 0 Å². The van der Waals surface area contributed by atoms with Gasteiger partial charge in [0.2, 0.25) is 0 Å². The molecule has 0 spiro atoms. The van der Waals surface area contributed by atoms with Crippen molar-refractivity contribution >= 4 is 29.9 Å². The predicted octanol–water partition coefficient (Wildman–Crippen LogP) is 2.39. The van der Waals surface area contributed by atoms with Crippen molar-refractivity contribution in [1.29, 1.82) is 0 Å². The lowest BCUT2D eigenvalue weighted by atomic mass is 10.0. The summed E-state index contributed by atoms with van der Waals surface area (Å²) in [5.41, 5.74) is 0.0611. The Labute approximate surface area is 183 Å². The first-order valence-corrected chi connectivity index (χ1v) is 10.6. The maximum absolute atomic E-state index is 5.48. The zero-order valence-electron chi connectivity index (χ0n) is 17.9. The Morgan fingerprint density at radius 3 is 2.37 bits per heavy atom. The molecule has 6 nitrogen and oxygen atoms in total. The normalized spacial score (nSPS) is 21.4. The molecule has 0 aromatic heterocycles. The average Bonchev–Trinajstić information content (AvgIpc) is 2.65. The van der Waals surface area contributed by atoms with Crippen LogP contribution in [0.25, 0.3) is 0 Å². The third kappa shape index (κ3) is 9.28. The number of halogens is 1. The van der Waals surface area contributed by atoms with Gasteiger partial charge in [-0.3, -0.25) is 9.89 Å². The van der Waals surface area contributed by atoms with E-state index in [0.717, 1.165) is 51.9 Å². The minimum Gasteiger partial charge on any atom is -0.379 e. The molecule has 0 aromatic rings. The summed E-state index contributed by atoms with van der Waals surface area (Å²) in [5, 5.41) is 6.95. The number of likely N-dealkylation sites (tertiary alicyclic amines) is 1. The van der Waals surface area contributed by atoms with Gasteiger partial charge >= 0.3 is 0 Å². The van der Waals surface area contributed by atoms with Gasteiger partial charge in [-0.05, 0) is 52.6 Å². The molecule has 2 fully saturated rings. The van der Waals surface area contributed by atoms with Crippen LogP contribution in [0.2, 0.25) is 0 Å². The highest BCUT2D eigenvalue weighted by molar-refractivity contribution is 14.0. The van der Waals surface area contributed by atoms with Gasteiger partial charge in [0.25, 0.3) is 0 Å². The largest absolute Gasteiger partial charge is 0.379 e. The smallest absolute Gasteiger partial charge is 0.191 e. The van der Waals surface area contributed by atoms with Crippen molar-refractivity contribution in [3.05, 3.63) is 0 Å². The second-order valence-corrected chi connectivity index (χ2v) is 8.45. The number of hydrogen-bond acceptors (Lipinski definition) is 4. The van der Waals surface area contributed by atoms with Crippen LogP contribution in [-0.2, 0) is 4.74 Å². The molecule has 0 bridgehead atoms. The summed E-state index contributed by atoms with van der Waals surface area (Å²) in [4.78, 5) is 9.98. The average molecular weight is 495 g/mol. The lowest BCUT2D eigenvalue weighted by molar-refractivity contribution is -0.00684. The summed E-state index contributed by atoms with van der Waals surface area (Å²) < 4.78 is 5.48. The fourth-order valence-electron chi connectivity index (χ4n) is 3.80. The van der Waals surface area contributed by atoms with E-state index in [2.05, 4.69) is 48.1 Å². The van der Waals surface area contributed by atoms with E-state index < -0.39 is 0 Å². The van der Waals surface area contributed by atoms with Crippen LogP contribution in [-0.4, -0.2) is 86.9 Å². The summed E-state index contributed by atoms with van der Waals surface area (Å²) in [6, 6.07) is 0. The molecule has 0 amide bonds. The van der Waals surface area contributed by atoms with Gasteiger partial charge in [0, 0.05) is 38.3 Å². The number of nitrogens with zero attached hydrogens (tertiary/aromatic N) is 3. The topological polar surface area (TPSA) is 52.1 Å². The van der Waals surface area contributed by atoms with Gasteiger partial charge in [-0.2, -0.15) is 0 Å². The molecule has 0 saturated carbocycles. The molecule has 0 aromatic carbocycles. The van der Waals surface area contributed by atoms with E-state index in [4.69, 9.17) is 9.73 Å². The lowest BCUT2D eigenvalue weighted by Gasteiger charge is -2.40. The third-order valence-corrected chi connectivity index (χ3v) is 5.47. The highest BCUT2D eigenvalue weighted by atomic mass is 127. The van der Waals surface area contributed by atoms with Gasteiger partial charge in [-0.1, -0.05) is 13.3 Å². The third-order valence-electron chi connectivity index (χ3n) is 5.47. The van der Waals surface area contributed by atoms with E-state index in [1.165, 1.54) is 38.9 Å². The lowest BCUT2D eigenvalue weighted by Crippen LogP contribution is -2.52. The molecule has 0 radical (unpaired) electrons. The number of piperidine rings is 1. The minimum atomic E-state index is 0. The Kier molecular flexibility index (Phi) is 12.2. The van der Waals surface area contributed by atoms with Crippen LogP contribution in [0.3, 0.4) is 0 Å². The van der Waals surface area contributed by atoms with Crippen molar-refractivity contribution in [1.82, 2.24) is 20.4 Å². The van der Waals surface area contributed by atoms with Gasteiger partial charge in [0.15, 0.2) is 5.96 Å². The second kappa shape index (κ2) is 13.2. The van der Waals surface area contributed by atoms with Crippen molar-refractivity contribution in [2.75, 3.05) is 65.6 Å². The standard InChI is InChI=1S/C20H41N5O.HI/c1-5-21-19(22-15-18(2)16-24-9-7-6-8-10-24)23-17-20(3,4)25-11-13-26-14-12-25;/h18H,5-17H2,1-4H3,(H2,21,22,23);1H. The monoisotopic (exact) mass is 495 g/mol. The van der Waals surface area contributed by atoms with E-state index in [1.54, 1.807) is 0 Å². The number of morpholine rings is 1. The van der Waals surface area contributed by atoms with E-state index in [0.29, 0.717) is 5.92 Å². The molecular weight excluding hydrogens is 453 g/mol. The van der Waals surface area contributed by atoms with E-state index in [1.807, 2.05) is 0 Å². The van der Waals surface area contributed by atoms with E-state index >= 15 is 0 Å². The van der Waals surface area contributed by atoms with Gasteiger partial charge < -0.3 is 20.3 Å². The van der Waals surface area contributed by atoms with Crippen molar-refractivity contribution in [3.63, 3.8) is 0 Å². The molecule has 7 heteroatoms. The van der Waals surface area contributed by atoms with Crippen LogP contribution in [0.15, 0.2) is 4.99 Å². The van der Waals surface area contributed by atoms with Crippen molar-refractivity contribution in [2.24, 2.45) is 10.9 Å². The maximum atomic E-state index is 5.48. The number of guanidine groups is 1. The fraction of sp³-hybridized carbons (Fsp3) is 0.950. The number of ether oxygens (including phenoxy) is 1. The van der Waals surface area contributed by atoms with Gasteiger partial charge in [0.1, 0.15) is 0 Å². The highest BCUT2D eigenvalue weighted by Gasteiger charge is 2.28. The molecule has 2 heterocycles. The van der Waals surface area contributed by atoms with Crippen LogP contribution in [0.5, 0.6) is 0 Å². The van der Waals surface area contributed by atoms with Crippen molar-refractivity contribution in [2.45, 2.75) is 52.5 Å². The Balaban J connectivity index is 0.00000364. The number of rotatable bonds is 8. The summed E-state index contributed by atoms with van der Waals surface area (Å²) >= 11 is 0. The Morgan fingerprint density at radius 1 is 1.07 bits per heavy atom. The van der Waals surface area contributed by atoms with Crippen LogP contribution < -0.4 is 10.6 Å². The summed E-state index contributed by atoms with van der Waals surface area (Å²) in [6.45, 7) is 19.1. The maximum Gasteiger partial charge on any atom is 0.191 e. The molecule has 0 aliphatic carbocycles. The Morgan fingerprint density at radius 2 is 1.74 bits per heavy atom. The summed E-state index contributed by atoms with van der Waals surface area (Å²) in [6.07, 6.45) is 4.13. The van der Waals surface area contributed by atoms with Crippen molar-refractivity contribution < 1.29 is 4.74 Å². The number of nitrogens with one attached hydrogen (secondary N) is 2. The highest BCUT2D eigenvalue weighted by Crippen LogP contribution is 2.16. The molecule has 27 heavy (non-hydrogen) atoms. The SMILES string of the molecule is CCNC(=NCC(C)(C)N1CCOCC1)NCC(C)CN1CCCCC1.I. The zero-order chi connectivity index (χ0) is 18.8. The van der Waals surface area contributed by atoms with Crippen LogP contribution >= 0.6 is 24.0 Å². The van der Waals surface area contributed by atoms with Crippen LogP contribution in [0.4, 0.5) is 0 Å². The Bertz CT molecular complexity index is 421. The summed E-state index contributed by atoms with van der Waals surface area (Å²) in [5.74, 6) is 1.57. The first kappa shape index (κ1) is 24.9. The van der Waals surface area contributed by atoms with E-state index in [-0.39, 0.29) is 29.5 Å². The molecule has 160 valence electrons. The van der Waals surface area contributed by atoms with Gasteiger partial charge in [-0.25, -0.2) is 0 Å². The second-order valence-electron chi connectivity index (χ2n) is 8.45. The number of hydrogen-bond donors (Lipinski definition) is 2. The quantitative estimate of drug-likeness (QED) is 0.308. The van der Waals surface area contributed by atoms with Gasteiger partial charge in [0.05, 0.1) is 19.8 Å². The van der Waals surface area contributed by atoms with Crippen LogP contribution in [0.1, 0.15) is 47.0 Å². The number of aliphatic imine (C=N–C) groups is 1. The molecule has 2 N–H and O–H groups in total. The van der Waals surface area contributed by atoms with Gasteiger partial charge in [-0.15, -0.1) is 24.0 Å². The molecule has 2 aliphatic heterocycles. The first-order chi connectivity index (χ1) is 12.5. The van der Waals surface area contributed by atoms with E-state index in [9.17, 15) is 0 Å². The van der Waals surface area contributed by atoms with Crippen LogP contribution in [0, 0.1) is 5.92 Å². The molecule has 2 saturated heterocycles. The fourth-order valence-corrected chi connectivity index (χ4v) is 3.80. The Hall–Kier alpha value is -0.120. The molecule has 2 aliphatic rings. The minimum absolute atomic E-state index is 0. The molecule has 1 atom stereocenters. The molecule has 1 unspecified atom stereocenters.